The van der Waals surface area contributed by atoms with E-state index < -0.39 is 11.6 Å². The van der Waals surface area contributed by atoms with Crippen molar-refractivity contribution in [3.05, 3.63) is 24.0 Å². The standard InChI is InChI=1S/C10H15N3O2/c1-10(2,3)15-9(14)7-6-12-5-4-8(7)13-11/h4-6H,11H2,1-3H3,(H,12,13). The van der Waals surface area contributed by atoms with Crippen molar-refractivity contribution in [3.8, 4) is 0 Å². The summed E-state index contributed by atoms with van der Waals surface area (Å²) in [5, 5.41) is 0. The summed E-state index contributed by atoms with van der Waals surface area (Å²) in [6, 6.07) is 1.61. The lowest BCUT2D eigenvalue weighted by molar-refractivity contribution is 0.00702. The quantitative estimate of drug-likeness (QED) is 0.436. The number of esters is 1. The number of nitrogens with one attached hydrogen (secondary N) is 1. The molecule has 0 aromatic carbocycles. The topological polar surface area (TPSA) is 77.2 Å². The molecule has 1 aromatic rings. The van der Waals surface area contributed by atoms with Crippen LogP contribution >= 0.6 is 0 Å². The average Bonchev–Trinajstić information content (AvgIpc) is 2.15. The van der Waals surface area contributed by atoms with E-state index in [1.54, 1.807) is 33.0 Å². The number of hydrazine groups is 1. The van der Waals surface area contributed by atoms with Crippen LogP contribution in [0.15, 0.2) is 18.5 Å². The number of carbonyl (C=O) groups is 1. The third-order valence-corrected chi connectivity index (χ3v) is 1.60. The fraction of sp³-hybridized carbons (Fsp3) is 0.400. The number of pyridine rings is 1. The Bertz CT molecular complexity index is 358. The van der Waals surface area contributed by atoms with Crippen LogP contribution in [0.4, 0.5) is 5.69 Å². The van der Waals surface area contributed by atoms with Crippen molar-refractivity contribution in [3.63, 3.8) is 0 Å². The number of aromatic nitrogens is 1. The zero-order chi connectivity index (χ0) is 11.5. The fourth-order valence-electron chi connectivity index (χ4n) is 1.02. The minimum Gasteiger partial charge on any atom is -0.456 e. The minimum absolute atomic E-state index is 0.329. The molecule has 0 bridgehead atoms. The van der Waals surface area contributed by atoms with Crippen LogP contribution in [0.2, 0.25) is 0 Å². The summed E-state index contributed by atoms with van der Waals surface area (Å²) in [5.74, 6) is 4.83. The summed E-state index contributed by atoms with van der Waals surface area (Å²) < 4.78 is 5.19. The van der Waals surface area contributed by atoms with E-state index in [0.717, 1.165) is 0 Å². The predicted octanol–water partition coefficient (Wildman–Crippen LogP) is 1.32. The second kappa shape index (κ2) is 4.27. The highest BCUT2D eigenvalue weighted by Gasteiger charge is 2.20. The lowest BCUT2D eigenvalue weighted by Gasteiger charge is -2.20. The van der Waals surface area contributed by atoms with E-state index in [2.05, 4.69) is 10.4 Å². The Morgan fingerprint density at radius 1 is 1.53 bits per heavy atom. The van der Waals surface area contributed by atoms with Crippen molar-refractivity contribution < 1.29 is 9.53 Å². The monoisotopic (exact) mass is 209 g/mol. The molecule has 0 radical (unpaired) electrons. The van der Waals surface area contributed by atoms with Gasteiger partial charge in [-0.1, -0.05) is 0 Å². The molecule has 0 saturated heterocycles. The molecular formula is C10H15N3O2. The summed E-state index contributed by atoms with van der Waals surface area (Å²) in [6.45, 7) is 5.41. The number of nitrogens with two attached hydrogens (primary N) is 1. The van der Waals surface area contributed by atoms with E-state index in [1.165, 1.54) is 6.20 Å². The Balaban J connectivity index is 2.91. The molecule has 5 nitrogen and oxygen atoms in total. The highest BCUT2D eigenvalue weighted by atomic mass is 16.6. The minimum atomic E-state index is -0.529. The van der Waals surface area contributed by atoms with Crippen LogP contribution in [0.25, 0.3) is 0 Å². The van der Waals surface area contributed by atoms with Crippen molar-refractivity contribution in [2.75, 3.05) is 5.43 Å². The molecule has 1 aromatic heterocycles. The first-order valence-corrected chi connectivity index (χ1v) is 4.58. The molecule has 15 heavy (non-hydrogen) atoms. The molecule has 0 unspecified atom stereocenters. The largest absolute Gasteiger partial charge is 0.456 e. The molecule has 1 rings (SSSR count). The Morgan fingerprint density at radius 2 is 2.20 bits per heavy atom. The molecule has 5 heteroatoms. The molecule has 0 amide bonds. The van der Waals surface area contributed by atoms with Gasteiger partial charge in [-0.05, 0) is 26.8 Å². The smallest absolute Gasteiger partial charge is 0.342 e. The molecule has 0 aliphatic carbocycles. The van der Waals surface area contributed by atoms with Gasteiger partial charge in [0.05, 0.1) is 5.69 Å². The van der Waals surface area contributed by atoms with Crippen LogP contribution in [-0.2, 0) is 4.74 Å². The molecule has 0 atom stereocenters. The molecule has 3 N–H and O–H groups in total. The van der Waals surface area contributed by atoms with Crippen molar-refractivity contribution in [1.82, 2.24) is 4.98 Å². The Hall–Kier alpha value is -1.62. The third kappa shape index (κ3) is 3.21. The van der Waals surface area contributed by atoms with Crippen LogP contribution in [-0.4, -0.2) is 16.6 Å². The number of nitrogens with zero attached hydrogens (tertiary/aromatic N) is 1. The van der Waals surface area contributed by atoms with Gasteiger partial charge in [-0.3, -0.25) is 10.8 Å². The van der Waals surface area contributed by atoms with E-state index >= 15 is 0 Å². The fourth-order valence-corrected chi connectivity index (χ4v) is 1.02. The first kappa shape index (κ1) is 11.5. The maximum Gasteiger partial charge on any atom is 0.342 e. The highest BCUT2D eigenvalue weighted by molar-refractivity contribution is 5.95. The Labute approximate surface area is 88.6 Å². The average molecular weight is 209 g/mol. The zero-order valence-electron chi connectivity index (χ0n) is 9.07. The summed E-state index contributed by atoms with van der Waals surface area (Å²) in [5.41, 5.74) is 2.72. The van der Waals surface area contributed by atoms with Gasteiger partial charge in [0.2, 0.25) is 0 Å². The van der Waals surface area contributed by atoms with Crippen LogP contribution in [0.1, 0.15) is 31.1 Å². The highest BCUT2D eigenvalue weighted by Crippen LogP contribution is 2.17. The number of ether oxygens (including phenoxy) is 1. The van der Waals surface area contributed by atoms with Gasteiger partial charge in [-0.15, -0.1) is 0 Å². The Morgan fingerprint density at radius 3 is 2.73 bits per heavy atom. The van der Waals surface area contributed by atoms with Crippen LogP contribution in [0, 0.1) is 0 Å². The number of hydrogen-bond acceptors (Lipinski definition) is 5. The normalized spacial score (nSPS) is 10.9. The molecule has 1 heterocycles. The summed E-state index contributed by atoms with van der Waals surface area (Å²) in [7, 11) is 0. The van der Waals surface area contributed by atoms with Gasteiger partial charge in [0.15, 0.2) is 0 Å². The van der Waals surface area contributed by atoms with Gasteiger partial charge < -0.3 is 10.2 Å². The van der Waals surface area contributed by atoms with E-state index in [9.17, 15) is 4.79 Å². The van der Waals surface area contributed by atoms with Crippen LogP contribution in [0.5, 0.6) is 0 Å². The molecule has 0 fully saturated rings. The summed E-state index contributed by atoms with van der Waals surface area (Å²) in [4.78, 5) is 15.5. The van der Waals surface area contributed by atoms with Crippen molar-refractivity contribution in [1.29, 1.82) is 0 Å². The second-order valence-corrected chi connectivity index (χ2v) is 4.07. The maximum absolute atomic E-state index is 11.7. The Kier molecular flexibility index (Phi) is 3.26. The van der Waals surface area contributed by atoms with Gasteiger partial charge in [0.1, 0.15) is 11.2 Å². The molecule has 0 aliphatic heterocycles. The van der Waals surface area contributed by atoms with E-state index in [-0.39, 0.29) is 0 Å². The van der Waals surface area contributed by atoms with Gasteiger partial charge >= 0.3 is 5.97 Å². The molecular weight excluding hydrogens is 194 g/mol. The van der Waals surface area contributed by atoms with E-state index in [4.69, 9.17) is 10.6 Å². The van der Waals surface area contributed by atoms with E-state index in [1.807, 2.05) is 0 Å². The van der Waals surface area contributed by atoms with Gasteiger partial charge in [-0.2, -0.15) is 0 Å². The first-order valence-electron chi connectivity index (χ1n) is 4.58. The first-order chi connectivity index (χ1) is 6.94. The number of nitrogen functional groups attached to an aromatic ring is 1. The van der Waals surface area contributed by atoms with Crippen molar-refractivity contribution in [2.45, 2.75) is 26.4 Å². The maximum atomic E-state index is 11.7. The zero-order valence-corrected chi connectivity index (χ0v) is 9.07. The summed E-state index contributed by atoms with van der Waals surface area (Å²) in [6.07, 6.45) is 2.96. The second-order valence-electron chi connectivity index (χ2n) is 4.07. The number of carbonyl (C=O) groups excluding carboxylic acids is 1. The molecule has 82 valence electrons. The SMILES string of the molecule is CC(C)(C)OC(=O)c1cnccc1NN. The van der Waals surface area contributed by atoms with Gasteiger partial charge in [0, 0.05) is 12.4 Å². The lowest BCUT2D eigenvalue weighted by Crippen LogP contribution is -2.25. The van der Waals surface area contributed by atoms with Crippen molar-refractivity contribution in [2.24, 2.45) is 5.84 Å². The van der Waals surface area contributed by atoms with Gasteiger partial charge in [0.25, 0.3) is 0 Å². The lowest BCUT2D eigenvalue weighted by atomic mass is 10.2. The van der Waals surface area contributed by atoms with Crippen LogP contribution in [0.3, 0.4) is 0 Å². The van der Waals surface area contributed by atoms with E-state index in [0.29, 0.717) is 11.3 Å². The molecule has 0 spiro atoms. The molecule has 0 saturated carbocycles. The number of rotatable bonds is 2. The number of anilines is 1. The third-order valence-electron chi connectivity index (χ3n) is 1.60. The summed E-state index contributed by atoms with van der Waals surface area (Å²) >= 11 is 0. The van der Waals surface area contributed by atoms with Crippen molar-refractivity contribution >= 4 is 11.7 Å². The number of hydrogen-bond donors (Lipinski definition) is 2. The predicted molar refractivity (Wildman–Crippen MR) is 57.2 cm³/mol. The van der Waals surface area contributed by atoms with Crippen LogP contribution < -0.4 is 11.3 Å². The van der Waals surface area contributed by atoms with Gasteiger partial charge in [-0.25, -0.2) is 4.79 Å². The molecule has 0 aliphatic rings.